The zero-order valence-electron chi connectivity index (χ0n) is 27.9. The molecule has 0 bridgehead atoms. The molecule has 1 N–H and O–H groups in total. The summed E-state index contributed by atoms with van der Waals surface area (Å²) in [7, 11) is -1.43. The van der Waals surface area contributed by atoms with Crippen LogP contribution in [0.3, 0.4) is 0 Å². The summed E-state index contributed by atoms with van der Waals surface area (Å²) < 4.78 is 4.75. The molecule has 4 heterocycles. The van der Waals surface area contributed by atoms with Gasteiger partial charge in [-0.05, 0) is 49.3 Å². The molecule has 0 atom stereocenters. The Balaban J connectivity index is 0.000000225. The molecule has 4 aromatic heterocycles. The molecule has 0 aliphatic heterocycles. The number of ketones is 1. The van der Waals surface area contributed by atoms with Gasteiger partial charge in [-0.1, -0.05) is 82.3 Å². The van der Waals surface area contributed by atoms with Crippen LogP contribution < -0.4 is 5.19 Å². The first kappa shape index (κ1) is 33.8. The fourth-order valence-corrected chi connectivity index (χ4v) is 8.08. The van der Waals surface area contributed by atoms with Crippen molar-refractivity contribution in [3.05, 3.63) is 84.8 Å². The minimum Gasteiger partial charge on any atom is -0.512 e. The maximum atomic E-state index is 11.7. The van der Waals surface area contributed by atoms with Gasteiger partial charge in [0.2, 0.25) is 0 Å². The van der Waals surface area contributed by atoms with E-state index in [1.165, 1.54) is 54.9 Å². The third-order valence-corrected chi connectivity index (χ3v) is 11.7. The molecule has 0 fully saturated rings. The van der Waals surface area contributed by atoms with Crippen LogP contribution in [0.4, 0.5) is 0 Å². The molecule has 0 aliphatic rings. The van der Waals surface area contributed by atoms with E-state index in [1.807, 2.05) is 40.0 Å². The summed E-state index contributed by atoms with van der Waals surface area (Å²) in [4.78, 5) is 16.6. The summed E-state index contributed by atoms with van der Waals surface area (Å²) >= 11 is 0. The molecule has 0 unspecified atom stereocenters. The van der Waals surface area contributed by atoms with Crippen molar-refractivity contribution in [2.24, 2.45) is 11.8 Å². The number of carbonyl (C=O) groups excluding carboxylic acids is 1. The fourth-order valence-electron chi connectivity index (χ4n) is 6.92. The maximum Gasteiger partial charge on any atom is 0.162 e. The number of rotatable bonds is 8. The van der Waals surface area contributed by atoms with Crippen molar-refractivity contribution in [3.8, 4) is 0 Å². The first-order valence-electron chi connectivity index (χ1n) is 16.5. The first-order valence-corrected chi connectivity index (χ1v) is 20.0. The van der Waals surface area contributed by atoms with Crippen molar-refractivity contribution >= 4 is 73.8 Å². The minimum absolute atomic E-state index is 0. The summed E-state index contributed by atoms with van der Waals surface area (Å²) in [5.41, 5.74) is 7.02. The Labute approximate surface area is 286 Å². The summed E-state index contributed by atoms with van der Waals surface area (Å²) in [5.74, 6) is 0.547. The fraction of sp³-hybridized carbons (Fsp3) is 0.333. The van der Waals surface area contributed by atoms with Crippen LogP contribution in [-0.4, -0.2) is 32.7 Å². The number of benzene rings is 3. The topological polar surface area (TPSA) is 59.0 Å². The van der Waals surface area contributed by atoms with Crippen LogP contribution in [-0.2, 0) is 24.9 Å². The number of pyridine rings is 1. The summed E-state index contributed by atoms with van der Waals surface area (Å²) in [5, 5.41) is 16.3. The molecule has 7 heteroatoms. The van der Waals surface area contributed by atoms with Gasteiger partial charge in [0.15, 0.2) is 11.4 Å². The van der Waals surface area contributed by atoms with Crippen molar-refractivity contribution in [2.45, 2.75) is 73.0 Å². The van der Waals surface area contributed by atoms with Crippen LogP contribution in [0, 0.1) is 17.9 Å². The molecule has 7 rings (SSSR count). The van der Waals surface area contributed by atoms with Gasteiger partial charge in [-0.25, -0.2) is 4.98 Å². The van der Waals surface area contributed by atoms with Crippen LogP contribution in [0.5, 0.6) is 0 Å². The van der Waals surface area contributed by atoms with Gasteiger partial charge in [-0.3, -0.25) is 4.79 Å². The predicted molar refractivity (Wildman–Crippen MR) is 193 cm³/mol. The molecule has 0 aliphatic carbocycles. The average molecular weight is 807 g/mol. The summed E-state index contributed by atoms with van der Waals surface area (Å²) in [6.07, 6.45) is 6.85. The van der Waals surface area contributed by atoms with E-state index in [2.05, 4.69) is 89.1 Å². The van der Waals surface area contributed by atoms with Crippen LogP contribution in [0.2, 0.25) is 19.6 Å². The van der Waals surface area contributed by atoms with E-state index < -0.39 is 8.07 Å². The molecular formula is C39H44IrN3O2Si-. The zero-order valence-corrected chi connectivity index (χ0v) is 31.3. The molecule has 7 aromatic rings. The molecule has 0 saturated heterocycles. The smallest absolute Gasteiger partial charge is 0.162 e. The molecule has 0 spiro atoms. The number of aliphatic hydroxyl groups excluding tert-OH is 1. The second-order valence-corrected chi connectivity index (χ2v) is 18.4. The van der Waals surface area contributed by atoms with Gasteiger partial charge >= 0.3 is 0 Å². The first-order chi connectivity index (χ1) is 21.6. The van der Waals surface area contributed by atoms with Crippen molar-refractivity contribution < 1.29 is 30.0 Å². The Hall–Kier alpha value is -3.51. The van der Waals surface area contributed by atoms with E-state index >= 15 is 0 Å². The monoisotopic (exact) mass is 807 g/mol. The van der Waals surface area contributed by atoms with Crippen molar-refractivity contribution in [1.82, 2.24) is 13.8 Å². The van der Waals surface area contributed by atoms with E-state index in [9.17, 15) is 9.90 Å². The van der Waals surface area contributed by atoms with E-state index in [0.717, 1.165) is 36.8 Å². The molecular weight excluding hydrogens is 763 g/mol. The molecule has 0 amide bonds. The molecule has 3 aromatic carbocycles. The Kier molecular flexibility index (Phi) is 9.79. The number of hydrogen-bond acceptors (Lipinski definition) is 3. The molecule has 46 heavy (non-hydrogen) atoms. The Morgan fingerprint density at radius 2 is 1.50 bits per heavy atom. The van der Waals surface area contributed by atoms with Crippen LogP contribution in [0.1, 0.15) is 53.4 Å². The number of hydrogen-bond donors (Lipinski definition) is 1. The van der Waals surface area contributed by atoms with Gasteiger partial charge in [-0.15, -0.1) is 5.39 Å². The van der Waals surface area contributed by atoms with Crippen molar-refractivity contribution in [2.75, 3.05) is 0 Å². The summed E-state index contributed by atoms with van der Waals surface area (Å²) in [6.45, 7) is 15.3. The van der Waals surface area contributed by atoms with E-state index in [1.54, 1.807) is 0 Å². The number of aromatic nitrogens is 3. The number of carbonyl (C=O) groups is 1. The van der Waals surface area contributed by atoms with Gasteiger partial charge in [-0.2, -0.15) is 24.3 Å². The molecule has 5 nitrogen and oxygen atoms in total. The zero-order chi connectivity index (χ0) is 32.0. The van der Waals surface area contributed by atoms with Crippen LogP contribution >= 0.6 is 0 Å². The third-order valence-electron chi connectivity index (χ3n) is 9.64. The molecule has 1 radical (unpaired) electrons. The standard InChI is InChI=1S/C26H20N3Si.C13H24O2.Ir/c1-30(2,3)16-11-12-18-20-13-14-27-26-25(20)28(23(18)15-16)22-10-6-8-19-17-7-4-5-9-21(17)29(26)24(19)22;1-5-10(6-2)12(14)9-13(15)11(7-3)8-4;/h4-8,10-15H,1-3H3;9-11,14H,5-8H2,1-4H3;/q-1;;/b;12-9-;. The summed E-state index contributed by atoms with van der Waals surface area (Å²) in [6, 6.07) is 25.6. The van der Waals surface area contributed by atoms with Gasteiger partial charge in [0, 0.05) is 55.0 Å². The number of fused-ring (bicyclic) bond motifs is 8. The van der Waals surface area contributed by atoms with E-state index in [0.29, 0.717) is 0 Å². The average Bonchev–Trinajstić information content (AvgIpc) is 3.55. The largest absolute Gasteiger partial charge is 0.512 e. The van der Waals surface area contributed by atoms with E-state index in [-0.39, 0.29) is 43.5 Å². The normalized spacial score (nSPS) is 12.7. The Morgan fingerprint density at radius 1 is 0.826 bits per heavy atom. The second kappa shape index (κ2) is 13.3. The van der Waals surface area contributed by atoms with Crippen LogP contribution in [0.15, 0.2) is 78.7 Å². The van der Waals surface area contributed by atoms with Crippen LogP contribution in [0.25, 0.3) is 54.8 Å². The number of para-hydroxylation sites is 2. The maximum absolute atomic E-state index is 11.7. The SMILES string of the molecule is CCC(CC)C(=O)/C=C(\O)C(CC)CC.C[Si](C)(C)c1ccc2c3ccnc4c3n(c2c1)c1cccc2c3ccc[c-]c3n4c21.[Ir]. The number of aliphatic hydroxyl groups is 1. The minimum atomic E-state index is -1.43. The number of allylic oxidation sites excluding steroid dienone is 2. The van der Waals surface area contributed by atoms with Gasteiger partial charge in [0.1, 0.15) is 0 Å². The Morgan fingerprint density at radius 3 is 2.17 bits per heavy atom. The molecule has 0 saturated carbocycles. The van der Waals surface area contributed by atoms with Crippen molar-refractivity contribution in [1.29, 1.82) is 0 Å². The van der Waals surface area contributed by atoms with Gasteiger partial charge in [0.25, 0.3) is 0 Å². The van der Waals surface area contributed by atoms with Gasteiger partial charge in [0.05, 0.1) is 35.9 Å². The Bertz CT molecular complexity index is 2200. The van der Waals surface area contributed by atoms with E-state index in [4.69, 9.17) is 4.98 Å². The number of nitrogens with zero attached hydrogens (tertiary/aromatic N) is 3. The third kappa shape index (κ3) is 5.57. The van der Waals surface area contributed by atoms with Gasteiger partial charge < -0.3 is 13.9 Å². The predicted octanol–water partition coefficient (Wildman–Crippen LogP) is 9.85. The molecule has 241 valence electrons. The quantitative estimate of drug-likeness (QED) is 0.0547. The second-order valence-electron chi connectivity index (χ2n) is 13.3. The van der Waals surface area contributed by atoms with Crippen molar-refractivity contribution in [3.63, 3.8) is 0 Å².